The Hall–Kier alpha value is -0.410. The van der Waals surface area contributed by atoms with Gasteiger partial charge in [0, 0.05) is 17.9 Å². The summed E-state index contributed by atoms with van der Waals surface area (Å²) in [4.78, 5) is 15.5. The maximum Gasteiger partial charge on any atom is 0.139 e. The molecule has 0 amide bonds. The number of carbonyl (C=O) groups is 1. The van der Waals surface area contributed by atoms with Gasteiger partial charge < -0.3 is 4.74 Å². The van der Waals surface area contributed by atoms with Gasteiger partial charge in [0.05, 0.1) is 6.10 Å². The van der Waals surface area contributed by atoms with Gasteiger partial charge in [0.15, 0.2) is 0 Å². The van der Waals surface area contributed by atoms with E-state index in [-0.39, 0.29) is 5.41 Å². The third-order valence-corrected chi connectivity index (χ3v) is 10.3. The second-order valence-electron chi connectivity index (χ2n) is 11.0. The highest BCUT2D eigenvalue weighted by atomic mass is 16.6. The van der Waals surface area contributed by atoms with E-state index in [9.17, 15) is 4.79 Å². The molecule has 0 bridgehead atoms. The number of rotatable bonds is 1. The number of likely N-dealkylation sites (tertiary alicyclic amines) is 1. The first-order valence-corrected chi connectivity index (χ1v) is 11.5. The van der Waals surface area contributed by atoms with Gasteiger partial charge in [0.25, 0.3) is 0 Å². The first-order chi connectivity index (χ1) is 12.5. The van der Waals surface area contributed by atoms with Crippen LogP contribution in [-0.4, -0.2) is 42.0 Å². The van der Waals surface area contributed by atoms with E-state index in [1.807, 2.05) is 0 Å². The number of nitrogens with zero attached hydrogens (tertiary/aromatic N) is 1. The molecule has 4 unspecified atom stereocenters. The fraction of sp³-hybridized carbons (Fsp3) is 0.957. The molecule has 0 aromatic carbocycles. The number of ketones is 1. The minimum Gasteiger partial charge on any atom is -0.368 e. The Morgan fingerprint density at radius 1 is 1.04 bits per heavy atom. The van der Waals surface area contributed by atoms with Crippen molar-refractivity contribution in [2.24, 2.45) is 34.5 Å². The smallest absolute Gasteiger partial charge is 0.139 e. The zero-order valence-electron chi connectivity index (χ0n) is 16.6. The lowest BCUT2D eigenvalue weighted by atomic mass is 9.44. The number of fused-ring (bicyclic) bond motifs is 6. The lowest BCUT2D eigenvalue weighted by Gasteiger charge is -2.62. The lowest BCUT2D eigenvalue weighted by Crippen LogP contribution is -2.63. The third-order valence-electron chi connectivity index (χ3n) is 10.3. The lowest BCUT2D eigenvalue weighted by molar-refractivity contribution is -0.147. The quantitative estimate of drug-likeness (QED) is 0.664. The number of ether oxygens (including phenoxy) is 1. The van der Waals surface area contributed by atoms with Gasteiger partial charge in [-0.25, -0.2) is 0 Å². The summed E-state index contributed by atoms with van der Waals surface area (Å²) >= 11 is 0. The Morgan fingerprint density at radius 3 is 2.65 bits per heavy atom. The van der Waals surface area contributed by atoms with Gasteiger partial charge >= 0.3 is 0 Å². The minimum absolute atomic E-state index is 0.0147. The fourth-order valence-electron chi connectivity index (χ4n) is 8.95. The Balaban J connectivity index is 1.38. The van der Waals surface area contributed by atoms with E-state index in [1.165, 1.54) is 58.0 Å². The molecule has 6 fully saturated rings. The summed E-state index contributed by atoms with van der Waals surface area (Å²) in [5, 5.41) is 0. The summed E-state index contributed by atoms with van der Waals surface area (Å²) in [6.45, 7) is 7.55. The van der Waals surface area contributed by atoms with Crippen molar-refractivity contribution >= 4 is 5.78 Å². The van der Waals surface area contributed by atoms with E-state index in [0.717, 1.165) is 30.6 Å². The van der Waals surface area contributed by atoms with Gasteiger partial charge in [-0.05, 0) is 93.5 Å². The topological polar surface area (TPSA) is 32.8 Å². The molecule has 2 aliphatic heterocycles. The van der Waals surface area contributed by atoms with Gasteiger partial charge in [-0.2, -0.15) is 0 Å². The van der Waals surface area contributed by atoms with Crippen molar-refractivity contribution in [3.8, 4) is 0 Å². The Morgan fingerprint density at radius 2 is 1.85 bits per heavy atom. The molecule has 0 aromatic rings. The molecular weight excluding hydrogens is 322 g/mol. The first-order valence-electron chi connectivity index (χ1n) is 11.5. The molecule has 0 spiro atoms. The standard InChI is InChI=1S/C23H35NO2/c1-22-10-9-17-15(16(22)7-8-19(22)25)6-5-14-13-18-20(26-18)21(23(14,17)2)24-11-3-4-12-24/h14-18,20-21H,3-13H2,1-2H3/t14?,15-,16-,17+,18?,20?,21?,22-,23-/m0/s1. The highest BCUT2D eigenvalue weighted by molar-refractivity contribution is 5.87. The van der Waals surface area contributed by atoms with Crippen LogP contribution in [0.3, 0.4) is 0 Å². The molecule has 3 heteroatoms. The molecule has 144 valence electrons. The summed E-state index contributed by atoms with van der Waals surface area (Å²) in [5.41, 5.74) is 0.429. The summed E-state index contributed by atoms with van der Waals surface area (Å²) in [7, 11) is 0. The van der Waals surface area contributed by atoms with Crippen LogP contribution in [0.1, 0.15) is 71.6 Å². The van der Waals surface area contributed by atoms with Crippen LogP contribution in [0.2, 0.25) is 0 Å². The number of carbonyl (C=O) groups excluding carboxylic acids is 1. The van der Waals surface area contributed by atoms with Crippen LogP contribution in [-0.2, 0) is 9.53 Å². The highest BCUT2D eigenvalue weighted by Crippen LogP contribution is 2.68. The molecule has 3 nitrogen and oxygen atoms in total. The fourth-order valence-corrected chi connectivity index (χ4v) is 8.95. The Kier molecular flexibility index (Phi) is 3.40. The second-order valence-corrected chi connectivity index (χ2v) is 11.0. The van der Waals surface area contributed by atoms with Crippen molar-refractivity contribution in [2.75, 3.05) is 13.1 Å². The van der Waals surface area contributed by atoms with Crippen LogP contribution in [0, 0.1) is 34.5 Å². The monoisotopic (exact) mass is 357 g/mol. The Bertz CT molecular complexity index is 628. The van der Waals surface area contributed by atoms with Crippen molar-refractivity contribution in [3.05, 3.63) is 0 Å². The number of Topliss-reactive ketones (excluding diaryl/α,β-unsaturated/α-hetero) is 1. The molecule has 0 N–H and O–H groups in total. The zero-order chi connectivity index (χ0) is 17.7. The van der Waals surface area contributed by atoms with Crippen molar-refractivity contribution in [1.82, 2.24) is 4.90 Å². The van der Waals surface area contributed by atoms with Gasteiger partial charge in [-0.1, -0.05) is 13.8 Å². The molecule has 6 rings (SSSR count). The van der Waals surface area contributed by atoms with Crippen LogP contribution in [0.15, 0.2) is 0 Å². The first kappa shape index (κ1) is 16.5. The van der Waals surface area contributed by atoms with Crippen molar-refractivity contribution < 1.29 is 9.53 Å². The summed E-state index contributed by atoms with van der Waals surface area (Å²) in [5.74, 6) is 3.71. The molecule has 2 saturated heterocycles. The molecule has 0 radical (unpaired) electrons. The summed E-state index contributed by atoms with van der Waals surface area (Å²) in [6.07, 6.45) is 12.4. The third kappa shape index (κ3) is 1.95. The largest absolute Gasteiger partial charge is 0.368 e. The highest BCUT2D eigenvalue weighted by Gasteiger charge is 2.68. The SMILES string of the molecule is C[C@]12C(CC[C@@H]3[C@H]1CC[C@]1(C)C(=O)CC[C@@H]31)CC1OC1C2N1CCCC1. The predicted octanol–water partition coefficient (Wildman–Crippen LogP) is 4.05. The molecule has 9 atom stereocenters. The average Bonchev–Trinajstić information content (AvgIpc) is 3.03. The van der Waals surface area contributed by atoms with E-state index in [2.05, 4.69) is 18.7 Å². The van der Waals surface area contributed by atoms with Crippen molar-refractivity contribution in [2.45, 2.75) is 89.9 Å². The summed E-state index contributed by atoms with van der Waals surface area (Å²) < 4.78 is 6.27. The van der Waals surface area contributed by atoms with Crippen LogP contribution < -0.4 is 0 Å². The minimum atomic E-state index is 0.0147. The average molecular weight is 358 g/mol. The van der Waals surface area contributed by atoms with Crippen LogP contribution in [0.5, 0.6) is 0 Å². The molecule has 26 heavy (non-hydrogen) atoms. The van der Waals surface area contributed by atoms with E-state index < -0.39 is 0 Å². The maximum absolute atomic E-state index is 12.7. The van der Waals surface area contributed by atoms with Gasteiger partial charge in [0.1, 0.15) is 11.9 Å². The molecule has 6 aliphatic rings. The normalized spacial score (nSPS) is 58.7. The van der Waals surface area contributed by atoms with E-state index in [0.29, 0.717) is 35.4 Å². The zero-order valence-corrected chi connectivity index (χ0v) is 16.6. The molecule has 2 heterocycles. The number of hydrogen-bond acceptors (Lipinski definition) is 3. The second kappa shape index (κ2) is 5.35. The summed E-state index contributed by atoms with van der Waals surface area (Å²) in [6, 6.07) is 0.656. The molecular formula is C23H35NO2. The van der Waals surface area contributed by atoms with Gasteiger partial charge in [0.2, 0.25) is 0 Å². The van der Waals surface area contributed by atoms with E-state index in [1.54, 1.807) is 0 Å². The molecule has 4 aliphatic carbocycles. The van der Waals surface area contributed by atoms with Crippen LogP contribution in [0.25, 0.3) is 0 Å². The molecule has 0 aromatic heterocycles. The number of hydrogen-bond donors (Lipinski definition) is 0. The van der Waals surface area contributed by atoms with E-state index >= 15 is 0 Å². The van der Waals surface area contributed by atoms with Crippen molar-refractivity contribution in [1.29, 1.82) is 0 Å². The predicted molar refractivity (Wildman–Crippen MR) is 101 cm³/mol. The van der Waals surface area contributed by atoms with Crippen molar-refractivity contribution in [3.63, 3.8) is 0 Å². The van der Waals surface area contributed by atoms with Gasteiger partial charge in [-0.3, -0.25) is 9.69 Å². The van der Waals surface area contributed by atoms with Gasteiger partial charge in [-0.15, -0.1) is 0 Å². The maximum atomic E-state index is 12.7. The number of epoxide rings is 1. The van der Waals surface area contributed by atoms with Crippen LogP contribution >= 0.6 is 0 Å². The molecule has 4 saturated carbocycles. The Labute approximate surface area is 158 Å². The van der Waals surface area contributed by atoms with Crippen LogP contribution in [0.4, 0.5) is 0 Å². The van der Waals surface area contributed by atoms with E-state index in [4.69, 9.17) is 4.74 Å².